The first-order valence-electron chi connectivity index (χ1n) is 8.18. The fraction of sp³-hybridized carbons (Fsp3) is 0.150. The maximum atomic E-state index is 12.5. The number of carbonyl (C=O) groups is 1. The molecular weight excluding hydrogens is 348 g/mol. The van der Waals surface area contributed by atoms with Gasteiger partial charge in [0.2, 0.25) is 5.95 Å². The number of hydrogen-bond donors (Lipinski definition) is 2. The van der Waals surface area contributed by atoms with Gasteiger partial charge >= 0.3 is 0 Å². The van der Waals surface area contributed by atoms with Gasteiger partial charge in [0.15, 0.2) is 0 Å². The average Bonchev–Trinajstić information content (AvgIpc) is 2.62. The van der Waals surface area contributed by atoms with Gasteiger partial charge in [-0.2, -0.15) is 0 Å². The molecule has 0 saturated heterocycles. The number of anilines is 3. The first-order valence-corrected chi connectivity index (χ1v) is 8.56. The van der Waals surface area contributed by atoms with Crippen LogP contribution in [0.3, 0.4) is 0 Å². The molecule has 0 aliphatic heterocycles. The van der Waals surface area contributed by atoms with Gasteiger partial charge in [-0.05, 0) is 55.7 Å². The second-order valence-electron chi connectivity index (χ2n) is 6.02. The number of halogens is 1. The second-order valence-corrected chi connectivity index (χ2v) is 6.43. The molecule has 0 fully saturated rings. The largest absolute Gasteiger partial charge is 0.324 e. The fourth-order valence-electron chi connectivity index (χ4n) is 2.60. The van der Waals surface area contributed by atoms with E-state index in [4.69, 9.17) is 11.6 Å². The zero-order chi connectivity index (χ0) is 18.7. The summed E-state index contributed by atoms with van der Waals surface area (Å²) in [4.78, 5) is 21.1. The highest BCUT2D eigenvalue weighted by Gasteiger charge is 2.12. The van der Waals surface area contributed by atoms with Crippen LogP contribution >= 0.6 is 11.6 Å². The van der Waals surface area contributed by atoms with E-state index in [0.717, 1.165) is 22.4 Å². The number of rotatable bonds is 4. The molecule has 5 nitrogen and oxygen atoms in total. The van der Waals surface area contributed by atoms with Crippen molar-refractivity contribution in [3.8, 4) is 0 Å². The molecule has 0 aliphatic rings. The Bertz CT molecular complexity index is 952. The Labute approximate surface area is 157 Å². The highest BCUT2D eigenvalue weighted by molar-refractivity contribution is 6.31. The zero-order valence-electron chi connectivity index (χ0n) is 14.8. The van der Waals surface area contributed by atoms with E-state index in [9.17, 15) is 4.79 Å². The second kappa shape index (κ2) is 7.54. The summed E-state index contributed by atoms with van der Waals surface area (Å²) < 4.78 is 0. The van der Waals surface area contributed by atoms with Crippen LogP contribution in [0.5, 0.6) is 0 Å². The van der Waals surface area contributed by atoms with Crippen LogP contribution < -0.4 is 10.6 Å². The van der Waals surface area contributed by atoms with Crippen LogP contribution in [-0.2, 0) is 0 Å². The van der Waals surface area contributed by atoms with Crippen molar-refractivity contribution in [3.05, 3.63) is 76.1 Å². The summed E-state index contributed by atoms with van der Waals surface area (Å²) in [5.41, 5.74) is 4.84. The molecule has 0 unspecified atom stereocenters. The minimum atomic E-state index is -0.317. The van der Waals surface area contributed by atoms with Gasteiger partial charge in [-0.3, -0.25) is 4.79 Å². The lowest BCUT2D eigenvalue weighted by atomic mass is 10.1. The fourth-order valence-corrected chi connectivity index (χ4v) is 2.77. The van der Waals surface area contributed by atoms with Crippen molar-refractivity contribution in [2.24, 2.45) is 0 Å². The van der Waals surface area contributed by atoms with Crippen molar-refractivity contribution in [2.75, 3.05) is 10.6 Å². The normalized spacial score (nSPS) is 10.5. The minimum Gasteiger partial charge on any atom is -0.324 e. The number of nitrogens with zero attached hydrogens (tertiary/aromatic N) is 2. The van der Waals surface area contributed by atoms with Gasteiger partial charge in [0.05, 0.1) is 0 Å². The van der Waals surface area contributed by atoms with Crippen molar-refractivity contribution in [1.29, 1.82) is 0 Å². The molecule has 3 rings (SSSR count). The van der Waals surface area contributed by atoms with Crippen LogP contribution in [0.1, 0.15) is 27.2 Å². The Morgan fingerprint density at radius 1 is 1.00 bits per heavy atom. The van der Waals surface area contributed by atoms with Gasteiger partial charge in [0, 0.05) is 22.6 Å². The van der Waals surface area contributed by atoms with Crippen LogP contribution in [0, 0.1) is 20.8 Å². The molecule has 132 valence electrons. The first kappa shape index (κ1) is 17.9. The molecule has 2 aromatic carbocycles. The van der Waals surface area contributed by atoms with Crippen LogP contribution in [0.25, 0.3) is 0 Å². The van der Waals surface area contributed by atoms with Gasteiger partial charge in [-0.1, -0.05) is 35.9 Å². The summed E-state index contributed by atoms with van der Waals surface area (Å²) in [5.74, 6) is 0.0557. The molecule has 26 heavy (non-hydrogen) atoms. The van der Waals surface area contributed by atoms with E-state index < -0.39 is 0 Å². The number of para-hydroxylation sites is 1. The van der Waals surface area contributed by atoms with Crippen molar-refractivity contribution in [3.63, 3.8) is 0 Å². The molecule has 3 aromatic rings. The van der Waals surface area contributed by atoms with E-state index in [1.165, 1.54) is 0 Å². The third-order valence-corrected chi connectivity index (χ3v) is 4.53. The lowest BCUT2D eigenvalue weighted by Gasteiger charge is -2.12. The van der Waals surface area contributed by atoms with Crippen molar-refractivity contribution in [2.45, 2.75) is 20.8 Å². The molecule has 1 aromatic heterocycles. The molecule has 2 N–H and O–H groups in total. The van der Waals surface area contributed by atoms with Gasteiger partial charge in [0.25, 0.3) is 5.91 Å². The maximum Gasteiger partial charge on any atom is 0.274 e. The Morgan fingerprint density at radius 3 is 2.42 bits per heavy atom. The molecule has 1 amide bonds. The topological polar surface area (TPSA) is 66.9 Å². The van der Waals surface area contributed by atoms with Crippen molar-refractivity contribution < 1.29 is 4.79 Å². The molecular formula is C20H19ClN4O. The predicted molar refractivity (Wildman–Crippen MR) is 105 cm³/mol. The summed E-state index contributed by atoms with van der Waals surface area (Å²) in [5, 5.41) is 6.64. The van der Waals surface area contributed by atoms with Gasteiger partial charge < -0.3 is 10.6 Å². The van der Waals surface area contributed by atoms with Crippen LogP contribution in [0.4, 0.5) is 17.3 Å². The standard InChI is InChI=1S/C20H19ClN4O/c1-12-6-4-7-13(2)18(12)25-20-22-11-10-17(24-20)19(26)23-16-9-5-8-15(21)14(16)3/h4-11H,1-3H3,(H,23,26)(H,22,24,25). The number of benzene rings is 2. The Kier molecular flexibility index (Phi) is 5.19. The number of aryl methyl sites for hydroxylation is 2. The summed E-state index contributed by atoms with van der Waals surface area (Å²) in [6.07, 6.45) is 1.56. The minimum absolute atomic E-state index is 0.271. The lowest BCUT2D eigenvalue weighted by molar-refractivity contribution is 0.102. The Hall–Kier alpha value is -2.92. The van der Waals surface area contributed by atoms with Gasteiger partial charge in [0.1, 0.15) is 5.69 Å². The summed E-state index contributed by atoms with van der Waals surface area (Å²) in [6, 6.07) is 13.0. The number of amides is 1. The molecule has 1 heterocycles. The van der Waals surface area contributed by atoms with Crippen molar-refractivity contribution in [1.82, 2.24) is 9.97 Å². The number of carbonyl (C=O) groups excluding carboxylic acids is 1. The smallest absolute Gasteiger partial charge is 0.274 e. The number of nitrogens with one attached hydrogen (secondary N) is 2. The molecule has 0 atom stereocenters. The molecule has 0 aliphatic carbocycles. The van der Waals surface area contributed by atoms with E-state index in [1.54, 1.807) is 30.5 Å². The predicted octanol–water partition coefficient (Wildman–Crippen LogP) is 5.05. The third kappa shape index (κ3) is 3.83. The monoisotopic (exact) mass is 366 g/mol. The SMILES string of the molecule is Cc1cccc(C)c1Nc1nccc(C(=O)Nc2cccc(Cl)c2C)n1. The first-order chi connectivity index (χ1) is 12.5. The lowest BCUT2D eigenvalue weighted by Crippen LogP contribution is -2.15. The van der Waals surface area contributed by atoms with Crippen LogP contribution in [-0.4, -0.2) is 15.9 Å². The maximum absolute atomic E-state index is 12.5. The molecule has 0 radical (unpaired) electrons. The quantitative estimate of drug-likeness (QED) is 0.678. The van der Waals surface area contributed by atoms with E-state index in [2.05, 4.69) is 20.6 Å². The summed E-state index contributed by atoms with van der Waals surface area (Å²) >= 11 is 6.10. The number of hydrogen-bond acceptors (Lipinski definition) is 4. The Balaban J connectivity index is 1.83. The van der Waals surface area contributed by atoms with Crippen LogP contribution in [0.15, 0.2) is 48.7 Å². The summed E-state index contributed by atoms with van der Waals surface area (Å²) in [6.45, 7) is 5.87. The third-order valence-electron chi connectivity index (χ3n) is 4.12. The average molecular weight is 367 g/mol. The van der Waals surface area contributed by atoms with Crippen LogP contribution in [0.2, 0.25) is 5.02 Å². The summed E-state index contributed by atoms with van der Waals surface area (Å²) in [7, 11) is 0. The van der Waals surface area contributed by atoms with E-state index in [-0.39, 0.29) is 11.6 Å². The number of aromatic nitrogens is 2. The molecule has 0 saturated carbocycles. The zero-order valence-corrected chi connectivity index (χ0v) is 15.6. The highest BCUT2D eigenvalue weighted by atomic mass is 35.5. The van der Waals surface area contributed by atoms with E-state index >= 15 is 0 Å². The highest BCUT2D eigenvalue weighted by Crippen LogP contribution is 2.24. The Morgan fingerprint density at radius 2 is 1.69 bits per heavy atom. The van der Waals surface area contributed by atoms with Gasteiger partial charge in [-0.15, -0.1) is 0 Å². The molecule has 6 heteroatoms. The molecule has 0 spiro atoms. The van der Waals surface area contributed by atoms with E-state index in [1.807, 2.05) is 39.0 Å². The van der Waals surface area contributed by atoms with Gasteiger partial charge in [-0.25, -0.2) is 9.97 Å². The molecule has 0 bridgehead atoms. The van der Waals surface area contributed by atoms with Crippen molar-refractivity contribution >= 4 is 34.8 Å². The van der Waals surface area contributed by atoms with E-state index in [0.29, 0.717) is 16.7 Å².